The Morgan fingerprint density at radius 2 is 1.95 bits per heavy atom. The zero-order chi connectivity index (χ0) is 15.5. The smallest absolute Gasteiger partial charge is 0.337 e. The molecule has 2 N–H and O–H groups in total. The molecule has 21 heavy (non-hydrogen) atoms. The van der Waals surface area contributed by atoms with E-state index in [-0.39, 0.29) is 16.5 Å². The second-order valence-electron chi connectivity index (χ2n) is 5.21. The third-order valence-electron chi connectivity index (χ3n) is 3.81. The maximum Gasteiger partial charge on any atom is 0.337 e. The number of nitriles is 1. The molecule has 1 aliphatic carbocycles. The Morgan fingerprint density at radius 1 is 1.29 bits per heavy atom. The first-order chi connectivity index (χ1) is 9.98. The number of carboxylic acid groups (broad SMARTS) is 1. The topological polar surface area (TPSA) is 90.2 Å². The first kappa shape index (κ1) is 15.3. The van der Waals surface area contributed by atoms with Crippen LogP contribution in [0.5, 0.6) is 0 Å². The van der Waals surface area contributed by atoms with Gasteiger partial charge in [-0.3, -0.25) is 4.79 Å². The summed E-state index contributed by atoms with van der Waals surface area (Å²) in [6.45, 7) is 0. The minimum Gasteiger partial charge on any atom is -0.478 e. The minimum atomic E-state index is -1.13. The van der Waals surface area contributed by atoms with Crippen molar-refractivity contribution in [3.05, 3.63) is 28.8 Å². The molecular formula is C15H15ClN2O3. The lowest BCUT2D eigenvalue weighted by molar-refractivity contribution is -0.124. The van der Waals surface area contributed by atoms with E-state index >= 15 is 0 Å². The van der Waals surface area contributed by atoms with Crippen LogP contribution in [-0.2, 0) is 4.79 Å². The molecule has 0 saturated heterocycles. The van der Waals surface area contributed by atoms with E-state index in [0.29, 0.717) is 18.5 Å². The molecule has 0 unspecified atom stereocenters. The van der Waals surface area contributed by atoms with Crippen LogP contribution >= 0.6 is 11.6 Å². The quantitative estimate of drug-likeness (QED) is 0.895. The second-order valence-corrected chi connectivity index (χ2v) is 5.62. The average molecular weight is 307 g/mol. The van der Waals surface area contributed by atoms with Gasteiger partial charge in [-0.05, 0) is 31.0 Å². The van der Waals surface area contributed by atoms with Gasteiger partial charge in [0.1, 0.15) is 5.41 Å². The van der Waals surface area contributed by atoms with Crippen LogP contribution in [0.3, 0.4) is 0 Å². The van der Waals surface area contributed by atoms with Crippen LogP contribution in [-0.4, -0.2) is 17.0 Å². The largest absolute Gasteiger partial charge is 0.478 e. The van der Waals surface area contributed by atoms with Crippen LogP contribution in [0.25, 0.3) is 0 Å². The Labute approximate surface area is 127 Å². The molecule has 0 bridgehead atoms. The van der Waals surface area contributed by atoms with E-state index in [2.05, 4.69) is 11.4 Å². The standard InChI is InChI=1S/C15H15ClN2O3/c16-12-8-10(4-5-11(12)13(19)20)18-14(21)15(9-17)6-2-1-3-7-15/h4-5,8H,1-3,6-7H2,(H,18,21)(H,19,20). The molecule has 0 aromatic heterocycles. The van der Waals surface area contributed by atoms with Gasteiger partial charge in [0, 0.05) is 5.69 Å². The van der Waals surface area contributed by atoms with Crippen molar-refractivity contribution >= 4 is 29.2 Å². The molecule has 1 aliphatic rings. The highest BCUT2D eigenvalue weighted by Crippen LogP contribution is 2.37. The Bertz CT molecular complexity index is 616. The Balaban J connectivity index is 2.18. The van der Waals surface area contributed by atoms with Gasteiger partial charge in [0.05, 0.1) is 16.7 Å². The van der Waals surface area contributed by atoms with Gasteiger partial charge in [0.15, 0.2) is 0 Å². The fraction of sp³-hybridized carbons (Fsp3) is 0.400. The van der Waals surface area contributed by atoms with E-state index in [9.17, 15) is 14.9 Å². The number of anilines is 1. The van der Waals surface area contributed by atoms with Crippen molar-refractivity contribution in [3.63, 3.8) is 0 Å². The fourth-order valence-electron chi connectivity index (χ4n) is 2.56. The predicted molar refractivity (Wildman–Crippen MR) is 78.2 cm³/mol. The number of amides is 1. The average Bonchev–Trinajstić information content (AvgIpc) is 2.47. The molecular weight excluding hydrogens is 292 g/mol. The highest BCUT2D eigenvalue weighted by molar-refractivity contribution is 6.33. The number of carbonyl (C=O) groups is 2. The van der Waals surface area contributed by atoms with Crippen molar-refractivity contribution in [1.29, 1.82) is 5.26 Å². The number of rotatable bonds is 3. The summed E-state index contributed by atoms with van der Waals surface area (Å²) < 4.78 is 0. The molecule has 6 heteroatoms. The van der Waals surface area contributed by atoms with Gasteiger partial charge in [-0.25, -0.2) is 4.79 Å². The summed E-state index contributed by atoms with van der Waals surface area (Å²) in [7, 11) is 0. The highest BCUT2D eigenvalue weighted by atomic mass is 35.5. The van der Waals surface area contributed by atoms with E-state index in [1.54, 1.807) is 0 Å². The van der Waals surface area contributed by atoms with E-state index in [1.165, 1.54) is 18.2 Å². The number of hydrogen-bond acceptors (Lipinski definition) is 3. The molecule has 0 radical (unpaired) electrons. The number of carboxylic acids is 1. The van der Waals surface area contributed by atoms with Gasteiger partial charge >= 0.3 is 5.97 Å². The van der Waals surface area contributed by atoms with Crippen LogP contribution in [0.2, 0.25) is 5.02 Å². The lowest BCUT2D eigenvalue weighted by Crippen LogP contribution is -2.36. The van der Waals surface area contributed by atoms with Crippen LogP contribution in [0.4, 0.5) is 5.69 Å². The van der Waals surface area contributed by atoms with Gasteiger partial charge in [0.25, 0.3) is 0 Å². The van der Waals surface area contributed by atoms with Crippen molar-refractivity contribution in [2.45, 2.75) is 32.1 Å². The van der Waals surface area contributed by atoms with Gasteiger partial charge < -0.3 is 10.4 Å². The zero-order valence-electron chi connectivity index (χ0n) is 11.4. The van der Waals surface area contributed by atoms with Gasteiger partial charge in [-0.1, -0.05) is 30.9 Å². The molecule has 110 valence electrons. The number of halogens is 1. The highest BCUT2D eigenvalue weighted by Gasteiger charge is 2.39. The van der Waals surface area contributed by atoms with Gasteiger partial charge in [-0.2, -0.15) is 5.26 Å². The first-order valence-corrected chi connectivity index (χ1v) is 7.12. The number of carbonyl (C=O) groups excluding carboxylic acids is 1. The van der Waals surface area contributed by atoms with Crippen LogP contribution in [0, 0.1) is 16.7 Å². The van der Waals surface area contributed by atoms with Crippen molar-refractivity contribution in [2.24, 2.45) is 5.41 Å². The molecule has 0 heterocycles. The van der Waals surface area contributed by atoms with Crippen LogP contribution in [0.1, 0.15) is 42.5 Å². The summed E-state index contributed by atoms with van der Waals surface area (Å²) in [6, 6.07) is 6.34. The summed E-state index contributed by atoms with van der Waals surface area (Å²) in [5.74, 6) is -1.47. The third-order valence-corrected chi connectivity index (χ3v) is 4.13. The third kappa shape index (κ3) is 3.17. The van der Waals surface area contributed by atoms with Crippen molar-refractivity contribution in [1.82, 2.24) is 0 Å². The number of nitrogens with one attached hydrogen (secondary N) is 1. The zero-order valence-corrected chi connectivity index (χ0v) is 12.1. The SMILES string of the molecule is N#CC1(C(=O)Nc2ccc(C(=O)O)c(Cl)c2)CCCCC1. The molecule has 5 nitrogen and oxygen atoms in total. The Morgan fingerprint density at radius 3 is 2.48 bits per heavy atom. The van der Waals surface area contributed by atoms with E-state index in [0.717, 1.165) is 19.3 Å². The number of hydrogen-bond donors (Lipinski definition) is 2. The molecule has 1 fully saturated rings. The summed E-state index contributed by atoms with van der Waals surface area (Å²) in [5.41, 5.74) is -0.617. The predicted octanol–water partition coefficient (Wildman–Crippen LogP) is 3.45. The molecule has 2 rings (SSSR count). The van der Waals surface area contributed by atoms with Crippen molar-refractivity contribution < 1.29 is 14.7 Å². The summed E-state index contributed by atoms with van der Waals surface area (Å²) >= 11 is 5.87. The maximum atomic E-state index is 12.4. The molecule has 1 aromatic carbocycles. The monoisotopic (exact) mass is 306 g/mol. The molecule has 1 saturated carbocycles. The van der Waals surface area contributed by atoms with Gasteiger partial charge in [-0.15, -0.1) is 0 Å². The lowest BCUT2D eigenvalue weighted by Gasteiger charge is -2.29. The Kier molecular flexibility index (Phi) is 4.49. The van der Waals surface area contributed by atoms with Crippen molar-refractivity contribution in [2.75, 3.05) is 5.32 Å². The molecule has 1 aromatic rings. The second kappa shape index (κ2) is 6.15. The van der Waals surface area contributed by atoms with Gasteiger partial charge in [0.2, 0.25) is 5.91 Å². The maximum absolute atomic E-state index is 12.4. The first-order valence-electron chi connectivity index (χ1n) is 6.74. The summed E-state index contributed by atoms with van der Waals surface area (Å²) in [4.78, 5) is 23.2. The fourth-order valence-corrected chi connectivity index (χ4v) is 2.82. The summed E-state index contributed by atoms with van der Waals surface area (Å²) in [5, 5.41) is 21.0. The number of benzene rings is 1. The normalized spacial score (nSPS) is 16.8. The molecule has 1 amide bonds. The molecule has 0 aliphatic heterocycles. The van der Waals surface area contributed by atoms with E-state index in [4.69, 9.17) is 16.7 Å². The van der Waals surface area contributed by atoms with Crippen LogP contribution in [0.15, 0.2) is 18.2 Å². The lowest BCUT2D eigenvalue weighted by atomic mass is 9.74. The van der Waals surface area contributed by atoms with E-state index in [1.807, 2.05) is 0 Å². The van der Waals surface area contributed by atoms with Crippen LogP contribution < -0.4 is 5.32 Å². The van der Waals surface area contributed by atoms with Crippen molar-refractivity contribution in [3.8, 4) is 6.07 Å². The molecule has 0 atom stereocenters. The summed E-state index contributed by atoms with van der Waals surface area (Å²) in [6.07, 6.45) is 3.86. The number of aromatic carboxylic acids is 1. The molecule has 0 spiro atoms. The minimum absolute atomic E-state index is 0.0256. The van der Waals surface area contributed by atoms with E-state index < -0.39 is 11.4 Å². The Hall–Kier alpha value is -2.06. The number of nitrogens with zero attached hydrogens (tertiary/aromatic N) is 1.